The molecule has 2 atom stereocenters. The molecule has 0 heterocycles. The molecular formula is C12H6F6O8. The second-order valence-corrected chi connectivity index (χ2v) is 4.88. The van der Waals surface area contributed by atoms with Crippen molar-refractivity contribution in [2.45, 2.75) is 12.4 Å². The molecule has 4 N–H and O–H groups in total. The summed E-state index contributed by atoms with van der Waals surface area (Å²) in [6, 6.07) is 0. The Morgan fingerprint density at radius 2 is 1.35 bits per heavy atom. The quantitative estimate of drug-likeness (QED) is 0.523. The van der Waals surface area contributed by atoms with E-state index in [1.165, 1.54) is 0 Å². The maximum atomic E-state index is 13.5. The minimum absolute atomic E-state index is 0.827. The lowest BCUT2D eigenvalue weighted by Crippen LogP contribution is -2.58. The van der Waals surface area contributed by atoms with Crippen molar-refractivity contribution in [2.24, 2.45) is 11.3 Å². The summed E-state index contributed by atoms with van der Waals surface area (Å²) >= 11 is 0. The topological polar surface area (TPSA) is 149 Å². The Kier molecular flexibility index (Phi) is 4.87. The van der Waals surface area contributed by atoms with Gasteiger partial charge in [0.2, 0.25) is 5.41 Å². The molecule has 0 aromatic carbocycles. The Morgan fingerprint density at radius 3 is 1.58 bits per heavy atom. The zero-order valence-electron chi connectivity index (χ0n) is 11.8. The van der Waals surface area contributed by atoms with Gasteiger partial charge in [0.15, 0.2) is 0 Å². The van der Waals surface area contributed by atoms with Crippen LogP contribution >= 0.6 is 0 Å². The number of allylic oxidation sites excluding steroid dienone is 2. The number of hydrogen-bond donors (Lipinski definition) is 4. The molecule has 0 aromatic rings. The van der Waals surface area contributed by atoms with Gasteiger partial charge < -0.3 is 20.4 Å². The van der Waals surface area contributed by atoms with Crippen molar-refractivity contribution in [3.63, 3.8) is 0 Å². The first kappa shape index (κ1) is 21.0. The Morgan fingerprint density at radius 1 is 0.885 bits per heavy atom. The highest BCUT2D eigenvalue weighted by Gasteiger charge is 2.74. The third-order valence-electron chi connectivity index (χ3n) is 3.52. The van der Waals surface area contributed by atoms with Gasteiger partial charge in [-0.3, -0.25) is 9.59 Å². The zero-order valence-corrected chi connectivity index (χ0v) is 11.8. The van der Waals surface area contributed by atoms with Gasteiger partial charge in [0.05, 0.1) is 16.7 Å². The third kappa shape index (κ3) is 2.86. The van der Waals surface area contributed by atoms with Crippen LogP contribution in [0.4, 0.5) is 26.3 Å². The van der Waals surface area contributed by atoms with Crippen molar-refractivity contribution in [3.05, 3.63) is 22.8 Å². The van der Waals surface area contributed by atoms with Crippen LogP contribution in [-0.2, 0) is 19.2 Å². The van der Waals surface area contributed by atoms with Crippen molar-refractivity contribution in [1.82, 2.24) is 0 Å². The van der Waals surface area contributed by atoms with Crippen molar-refractivity contribution in [3.8, 4) is 0 Å². The van der Waals surface area contributed by atoms with Crippen LogP contribution in [0.25, 0.3) is 0 Å². The highest BCUT2D eigenvalue weighted by molar-refractivity contribution is 6.07. The molecule has 26 heavy (non-hydrogen) atoms. The largest absolute Gasteiger partial charge is 0.481 e. The molecule has 0 spiro atoms. The average Bonchev–Trinajstić information content (AvgIpc) is 2.41. The minimum atomic E-state index is -6.27. The second kappa shape index (κ2) is 6.03. The smallest absolute Gasteiger partial charge is 0.416 e. The molecule has 0 fully saturated rings. The normalized spacial score (nSPS) is 24.1. The van der Waals surface area contributed by atoms with Gasteiger partial charge in [-0.25, -0.2) is 9.59 Å². The molecule has 0 aromatic heterocycles. The summed E-state index contributed by atoms with van der Waals surface area (Å²) in [7, 11) is 0. The van der Waals surface area contributed by atoms with E-state index >= 15 is 0 Å². The van der Waals surface area contributed by atoms with Crippen LogP contribution in [0.2, 0.25) is 0 Å². The van der Waals surface area contributed by atoms with Gasteiger partial charge in [-0.15, -0.1) is 0 Å². The van der Waals surface area contributed by atoms with Crippen LogP contribution in [0.15, 0.2) is 22.8 Å². The molecule has 0 amide bonds. The maximum Gasteiger partial charge on any atom is 0.416 e. The molecule has 8 nitrogen and oxygen atoms in total. The van der Waals surface area contributed by atoms with Crippen LogP contribution in [0.1, 0.15) is 0 Å². The Balaban J connectivity index is 4.26. The van der Waals surface area contributed by atoms with Crippen LogP contribution in [0, 0.1) is 11.3 Å². The van der Waals surface area contributed by atoms with E-state index in [9.17, 15) is 45.5 Å². The molecule has 2 unspecified atom stereocenters. The standard InChI is InChI=1S/C12H6F6O8/c13-11(14,15)2-1-3(6(19)20)10(9(25)26,12(16,17)18)5(8(23)24)4(2)7(21)22/h1,5H,(H,19,20)(H,21,22)(H,23,24)(H,25,26). The van der Waals surface area contributed by atoms with E-state index in [-0.39, 0.29) is 0 Å². The summed E-state index contributed by atoms with van der Waals surface area (Å²) in [6.07, 6.45) is -12.9. The summed E-state index contributed by atoms with van der Waals surface area (Å²) in [5, 5.41) is 35.6. The van der Waals surface area contributed by atoms with Crippen LogP contribution in [0.3, 0.4) is 0 Å². The monoisotopic (exact) mass is 392 g/mol. The lowest BCUT2D eigenvalue weighted by atomic mass is 9.62. The van der Waals surface area contributed by atoms with Gasteiger partial charge in [0.1, 0.15) is 5.92 Å². The van der Waals surface area contributed by atoms with Crippen molar-refractivity contribution >= 4 is 23.9 Å². The fraction of sp³-hybridized carbons (Fsp3) is 0.333. The first-order chi connectivity index (χ1) is 11.5. The number of carboxylic acids is 4. The summed E-state index contributed by atoms with van der Waals surface area (Å²) in [6.45, 7) is 0. The maximum absolute atomic E-state index is 13.5. The van der Waals surface area contributed by atoms with Gasteiger partial charge in [0, 0.05) is 0 Å². The fourth-order valence-electron chi connectivity index (χ4n) is 2.55. The van der Waals surface area contributed by atoms with Crippen LogP contribution in [0.5, 0.6) is 0 Å². The number of aliphatic carboxylic acids is 4. The predicted octanol–water partition coefficient (Wildman–Crippen LogP) is 1.29. The minimum Gasteiger partial charge on any atom is -0.481 e. The number of alkyl halides is 6. The molecule has 0 saturated heterocycles. The van der Waals surface area contributed by atoms with E-state index in [0.29, 0.717) is 0 Å². The van der Waals surface area contributed by atoms with E-state index in [1.54, 1.807) is 0 Å². The molecule has 0 radical (unpaired) electrons. The Bertz CT molecular complexity index is 759. The highest BCUT2D eigenvalue weighted by atomic mass is 19.4. The number of carbonyl (C=O) groups is 4. The lowest BCUT2D eigenvalue weighted by Gasteiger charge is -2.40. The third-order valence-corrected chi connectivity index (χ3v) is 3.52. The van der Waals surface area contributed by atoms with E-state index in [1.807, 2.05) is 0 Å². The molecule has 1 aliphatic carbocycles. The van der Waals surface area contributed by atoms with E-state index < -0.39 is 70.4 Å². The number of halogens is 6. The van der Waals surface area contributed by atoms with Crippen molar-refractivity contribution in [1.29, 1.82) is 0 Å². The fourth-order valence-corrected chi connectivity index (χ4v) is 2.55. The Labute approximate surface area is 137 Å². The number of rotatable bonds is 4. The van der Waals surface area contributed by atoms with E-state index in [4.69, 9.17) is 20.4 Å². The van der Waals surface area contributed by atoms with Crippen molar-refractivity contribution in [2.75, 3.05) is 0 Å². The summed E-state index contributed by atoms with van der Waals surface area (Å²) in [5.74, 6) is -15.6. The summed E-state index contributed by atoms with van der Waals surface area (Å²) in [5.41, 5.74) is -12.4. The van der Waals surface area contributed by atoms with Gasteiger partial charge in [-0.2, -0.15) is 26.3 Å². The average molecular weight is 392 g/mol. The van der Waals surface area contributed by atoms with E-state index in [0.717, 1.165) is 0 Å². The van der Waals surface area contributed by atoms with E-state index in [2.05, 4.69) is 0 Å². The predicted molar refractivity (Wildman–Crippen MR) is 63.7 cm³/mol. The molecule has 1 aliphatic rings. The summed E-state index contributed by atoms with van der Waals surface area (Å²) < 4.78 is 79.4. The lowest BCUT2D eigenvalue weighted by molar-refractivity contribution is -0.235. The highest BCUT2D eigenvalue weighted by Crippen LogP contribution is 2.57. The van der Waals surface area contributed by atoms with Gasteiger partial charge in [-0.05, 0) is 6.08 Å². The Hall–Kier alpha value is -3.06. The SMILES string of the molecule is O=C(O)C1=CC(C(F)(F)F)=C(C(=O)O)C(C(=O)O)C1(C(=O)O)C(F)(F)F. The first-order valence-electron chi connectivity index (χ1n) is 6.04. The van der Waals surface area contributed by atoms with Crippen molar-refractivity contribution < 1.29 is 65.9 Å². The van der Waals surface area contributed by atoms with Gasteiger partial charge >= 0.3 is 36.2 Å². The zero-order chi connectivity index (χ0) is 20.8. The molecule has 144 valence electrons. The molecular weight excluding hydrogens is 386 g/mol. The van der Waals surface area contributed by atoms with Crippen LogP contribution < -0.4 is 0 Å². The summed E-state index contributed by atoms with van der Waals surface area (Å²) in [4.78, 5) is 44.7. The number of carboxylic acid groups (broad SMARTS) is 4. The van der Waals surface area contributed by atoms with Crippen LogP contribution in [-0.4, -0.2) is 56.7 Å². The first-order valence-corrected chi connectivity index (χ1v) is 6.04. The molecule has 0 bridgehead atoms. The molecule has 0 saturated carbocycles. The van der Waals surface area contributed by atoms with Gasteiger partial charge in [0.25, 0.3) is 0 Å². The van der Waals surface area contributed by atoms with Gasteiger partial charge in [-0.1, -0.05) is 0 Å². The molecule has 14 heteroatoms. The molecule has 1 rings (SSSR count). The second-order valence-electron chi connectivity index (χ2n) is 4.88. The molecule has 0 aliphatic heterocycles. The number of hydrogen-bond acceptors (Lipinski definition) is 4.